The highest BCUT2D eigenvalue weighted by Gasteiger charge is 2.25. The van der Waals surface area contributed by atoms with E-state index in [0.29, 0.717) is 13.2 Å². The second-order valence-corrected chi connectivity index (χ2v) is 6.97. The van der Waals surface area contributed by atoms with Gasteiger partial charge in [0.15, 0.2) is 5.96 Å². The number of nitrogens with zero attached hydrogens (tertiary/aromatic N) is 5. The standard InChI is InChI=1S/C20H30N6O2.HI/c1-6-21-20(23-11-17-15(3)19(27-5)14(2)9-22-17)26-7-8-28-18(13-26)16-10-24-25(4)12-16;/h9-10,12,18H,6-8,11,13H2,1-5H3,(H,21,23);1H. The van der Waals surface area contributed by atoms with Gasteiger partial charge in [-0.1, -0.05) is 0 Å². The Morgan fingerprint density at radius 2 is 2.17 bits per heavy atom. The molecule has 0 saturated carbocycles. The Balaban J connectivity index is 0.00000300. The van der Waals surface area contributed by atoms with Crippen LogP contribution in [0.4, 0.5) is 0 Å². The summed E-state index contributed by atoms with van der Waals surface area (Å²) >= 11 is 0. The number of methoxy groups -OCH3 is 1. The van der Waals surface area contributed by atoms with Gasteiger partial charge in [-0.3, -0.25) is 9.67 Å². The summed E-state index contributed by atoms with van der Waals surface area (Å²) in [4.78, 5) is 11.6. The largest absolute Gasteiger partial charge is 0.496 e. The Morgan fingerprint density at radius 1 is 1.38 bits per heavy atom. The van der Waals surface area contributed by atoms with Gasteiger partial charge in [0, 0.05) is 49.2 Å². The molecule has 0 spiro atoms. The summed E-state index contributed by atoms with van der Waals surface area (Å²) in [7, 11) is 3.61. The second kappa shape index (κ2) is 10.8. The molecule has 0 aliphatic carbocycles. The van der Waals surface area contributed by atoms with Crippen LogP contribution in [0.15, 0.2) is 23.6 Å². The van der Waals surface area contributed by atoms with E-state index in [0.717, 1.165) is 53.7 Å². The lowest BCUT2D eigenvalue weighted by Crippen LogP contribution is -2.48. The highest BCUT2D eigenvalue weighted by atomic mass is 127. The molecule has 3 heterocycles. The van der Waals surface area contributed by atoms with E-state index in [9.17, 15) is 0 Å². The second-order valence-electron chi connectivity index (χ2n) is 6.97. The van der Waals surface area contributed by atoms with Crippen LogP contribution < -0.4 is 10.1 Å². The molecule has 29 heavy (non-hydrogen) atoms. The molecular weight excluding hydrogens is 483 g/mol. The maximum Gasteiger partial charge on any atom is 0.194 e. The van der Waals surface area contributed by atoms with E-state index < -0.39 is 0 Å². The fourth-order valence-corrected chi connectivity index (χ4v) is 3.46. The smallest absolute Gasteiger partial charge is 0.194 e. The molecule has 2 aromatic rings. The van der Waals surface area contributed by atoms with Crippen molar-refractivity contribution in [2.24, 2.45) is 12.0 Å². The summed E-state index contributed by atoms with van der Waals surface area (Å²) in [5, 5.41) is 7.66. The highest BCUT2D eigenvalue weighted by Crippen LogP contribution is 2.25. The first-order valence-corrected chi connectivity index (χ1v) is 9.66. The number of guanidine groups is 1. The minimum Gasteiger partial charge on any atom is -0.496 e. The van der Waals surface area contributed by atoms with Gasteiger partial charge in [-0.05, 0) is 20.8 Å². The molecule has 8 nitrogen and oxygen atoms in total. The third-order valence-corrected chi connectivity index (χ3v) is 4.93. The van der Waals surface area contributed by atoms with E-state index in [2.05, 4.69) is 27.2 Å². The Kier molecular flexibility index (Phi) is 8.69. The van der Waals surface area contributed by atoms with Crippen molar-refractivity contribution >= 4 is 29.9 Å². The molecule has 160 valence electrons. The molecule has 0 radical (unpaired) electrons. The SMILES string of the molecule is CCNC(=NCc1ncc(C)c(OC)c1C)N1CCOC(c2cnn(C)c2)C1.I. The predicted octanol–water partition coefficient (Wildman–Crippen LogP) is 2.60. The summed E-state index contributed by atoms with van der Waals surface area (Å²) < 4.78 is 13.3. The van der Waals surface area contributed by atoms with Crippen LogP contribution in [0.5, 0.6) is 5.75 Å². The first-order chi connectivity index (χ1) is 13.5. The van der Waals surface area contributed by atoms with Crippen molar-refractivity contribution in [3.05, 3.63) is 41.0 Å². The van der Waals surface area contributed by atoms with Crippen LogP contribution in [-0.4, -0.2) is 59.0 Å². The first kappa shape index (κ1) is 23.4. The fraction of sp³-hybridized carbons (Fsp3) is 0.550. The summed E-state index contributed by atoms with van der Waals surface area (Å²) in [5.74, 6) is 1.76. The molecule has 0 bridgehead atoms. The molecule has 1 unspecified atom stereocenters. The number of halogens is 1. The van der Waals surface area contributed by atoms with Crippen LogP contribution >= 0.6 is 24.0 Å². The average molecular weight is 514 g/mol. The third kappa shape index (κ3) is 5.59. The lowest BCUT2D eigenvalue weighted by atomic mass is 10.1. The number of aromatic nitrogens is 3. The zero-order valence-electron chi connectivity index (χ0n) is 17.8. The van der Waals surface area contributed by atoms with E-state index in [1.54, 1.807) is 11.8 Å². The van der Waals surface area contributed by atoms with Crippen LogP contribution in [-0.2, 0) is 18.3 Å². The Morgan fingerprint density at radius 3 is 2.83 bits per heavy atom. The lowest BCUT2D eigenvalue weighted by Gasteiger charge is -2.34. The molecule has 1 atom stereocenters. The van der Waals surface area contributed by atoms with E-state index >= 15 is 0 Å². The minimum absolute atomic E-state index is 0. The Labute approximate surface area is 189 Å². The number of morpholine rings is 1. The zero-order chi connectivity index (χ0) is 20.1. The molecule has 0 aromatic carbocycles. The van der Waals surface area contributed by atoms with Gasteiger partial charge in [0.05, 0.1) is 38.7 Å². The first-order valence-electron chi connectivity index (χ1n) is 9.66. The van der Waals surface area contributed by atoms with Crippen molar-refractivity contribution < 1.29 is 9.47 Å². The number of hydrogen-bond donors (Lipinski definition) is 1. The number of hydrogen-bond acceptors (Lipinski definition) is 5. The zero-order valence-corrected chi connectivity index (χ0v) is 20.1. The van der Waals surface area contributed by atoms with Gasteiger partial charge in [-0.2, -0.15) is 5.10 Å². The van der Waals surface area contributed by atoms with Crippen LogP contribution in [0.2, 0.25) is 0 Å². The van der Waals surface area contributed by atoms with Crippen LogP contribution in [0.25, 0.3) is 0 Å². The van der Waals surface area contributed by atoms with Gasteiger partial charge in [-0.25, -0.2) is 4.99 Å². The molecule has 1 N–H and O–H groups in total. The molecule has 1 fully saturated rings. The number of nitrogens with one attached hydrogen (secondary N) is 1. The number of aryl methyl sites for hydroxylation is 2. The Hall–Kier alpha value is -1.88. The molecule has 1 aliphatic heterocycles. The van der Waals surface area contributed by atoms with Gasteiger partial charge in [0.2, 0.25) is 0 Å². The van der Waals surface area contributed by atoms with Gasteiger partial charge < -0.3 is 19.7 Å². The predicted molar refractivity (Wildman–Crippen MR) is 124 cm³/mol. The molecule has 3 rings (SSSR count). The fourth-order valence-electron chi connectivity index (χ4n) is 3.46. The Bertz CT molecular complexity index is 838. The van der Waals surface area contributed by atoms with Gasteiger partial charge in [-0.15, -0.1) is 24.0 Å². The molecule has 1 saturated heterocycles. The van der Waals surface area contributed by atoms with Crippen molar-refractivity contribution in [3.8, 4) is 5.75 Å². The molecule has 2 aromatic heterocycles. The average Bonchev–Trinajstić information content (AvgIpc) is 3.13. The third-order valence-electron chi connectivity index (χ3n) is 4.93. The maximum absolute atomic E-state index is 5.95. The summed E-state index contributed by atoms with van der Waals surface area (Å²) in [6, 6.07) is 0. The van der Waals surface area contributed by atoms with Gasteiger partial charge in [0.25, 0.3) is 0 Å². The molecular formula is C20H31IN6O2. The van der Waals surface area contributed by atoms with E-state index in [-0.39, 0.29) is 30.1 Å². The molecule has 9 heteroatoms. The van der Waals surface area contributed by atoms with Gasteiger partial charge in [0.1, 0.15) is 11.9 Å². The van der Waals surface area contributed by atoms with Gasteiger partial charge >= 0.3 is 0 Å². The summed E-state index contributed by atoms with van der Waals surface area (Å²) in [6.07, 6.45) is 5.70. The summed E-state index contributed by atoms with van der Waals surface area (Å²) in [5.41, 5.74) is 4.09. The number of pyridine rings is 1. The number of aliphatic imine (C=N–C) groups is 1. The van der Waals surface area contributed by atoms with Crippen molar-refractivity contribution in [1.29, 1.82) is 0 Å². The van der Waals surface area contributed by atoms with Crippen molar-refractivity contribution in [2.75, 3.05) is 33.4 Å². The monoisotopic (exact) mass is 514 g/mol. The highest BCUT2D eigenvalue weighted by molar-refractivity contribution is 14.0. The normalized spacial score (nSPS) is 17.1. The minimum atomic E-state index is -0.00867. The van der Waals surface area contributed by atoms with E-state index in [4.69, 9.17) is 14.5 Å². The van der Waals surface area contributed by atoms with E-state index in [1.807, 2.05) is 39.5 Å². The van der Waals surface area contributed by atoms with Crippen molar-refractivity contribution in [3.63, 3.8) is 0 Å². The van der Waals surface area contributed by atoms with Crippen LogP contribution in [0.3, 0.4) is 0 Å². The van der Waals surface area contributed by atoms with Crippen molar-refractivity contribution in [1.82, 2.24) is 25.0 Å². The van der Waals surface area contributed by atoms with Crippen LogP contribution in [0.1, 0.15) is 35.4 Å². The molecule has 0 amide bonds. The van der Waals surface area contributed by atoms with E-state index in [1.165, 1.54) is 0 Å². The number of rotatable bonds is 5. The lowest BCUT2D eigenvalue weighted by molar-refractivity contribution is -0.00805. The maximum atomic E-state index is 5.95. The number of ether oxygens (including phenoxy) is 2. The van der Waals surface area contributed by atoms with Crippen LogP contribution in [0, 0.1) is 13.8 Å². The summed E-state index contributed by atoms with van der Waals surface area (Å²) in [6.45, 7) is 9.60. The topological polar surface area (TPSA) is 76.8 Å². The van der Waals surface area contributed by atoms with Crippen molar-refractivity contribution in [2.45, 2.75) is 33.4 Å². The molecule has 1 aliphatic rings. The quantitative estimate of drug-likeness (QED) is 0.376.